The maximum atomic E-state index is 2.46. The Hall–Kier alpha value is -6.64. The third-order valence-electron chi connectivity index (χ3n) is 11.2. The Morgan fingerprint density at radius 3 is 1.39 bits per heavy atom. The van der Waals surface area contributed by atoms with E-state index in [0.717, 1.165) is 17.1 Å². The molecule has 0 aliphatic heterocycles. The lowest BCUT2D eigenvalue weighted by Gasteiger charge is -2.35. The highest BCUT2D eigenvalue weighted by Gasteiger charge is 2.53. The van der Waals surface area contributed by atoms with Crippen molar-refractivity contribution in [1.29, 1.82) is 0 Å². The molecule has 9 aromatic rings. The van der Waals surface area contributed by atoms with Crippen molar-refractivity contribution in [1.82, 2.24) is 4.57 Å². The highest BCUT2D eigenvalue weighted by Crippen LogP contribution is 2.65. The van der Waals surface area contributed by atoms with Crippen LogP contribution >= 0.6 is 0 Å². The topological polar surface area (TPSA) is 8.17 Å². The van der Waals surface area contributed by atoms with Gasteiger partial charge < -0.3 is 9.47 Å². The summed E-state index contributed by atoms with van der Waals surface area (Å²) in [7, 11) is 0. The first-order chi connectivity index (χ1) is 25.3. The number of aromatic nitrogens is 1. The van der Waals surface area contributed by atoms with Crippen LogP contribution in [0, 0.1) is 0 Å². The normalized spacial score (nSPS) is 13.3. The minimum atomic E-state index is -0.453. The standard InChI is InChI=1S/C49H32N2/c1-2-15-33(16-3-1)50(34-29-31-35(32-30-34)51-45-26-12-7-20-39(45)40-21-8-13-27-46(40)51)47-28-14-22-41-38-19-6-11-25-44(38)49(48(41)47)42-23-9-4-17-36(42)37-18-5-10-24-43(37)49/h1-32H. The molecule has 0 N–H and O–H groups in total. The Morgan fingerprint density at radius 2 is 0.804 bits per heavy atom. The van der Waals surface area contributed by atoms with Gasteiger partial charge in [-0.1, -0.05) is 140 Å². The summed E-state index contributed by atoms with van der Waals surface area (Å²) in [6, 6.07) is 71.4. The van der Waals surface area contributed by atoms with Gasteiger partial charge >= 0.3 is 0 Å². The molecule has 0 bridgehead atoms. The van der Waals surface area contributed by atoms with Crippen LogP contribution in [0.4, 0.5) is 17.1 Å². The van der Waals surface area contributed by atoms with Crippen molar-refractivity contribution in [2.45, 2.75) is 5.41 Å². The molecule has 1 heterocycles. The zero-order valence-corrected chi connectivity index (χ0v) is 27.9. The van der Waals surface area contributed by atoms with Crippen molar-refractivity contribution in [3.8, 4) is 27.9 Å². The van der Waals surface area contributed by atoms with Crippen molar-refractivity contribution < 1.29 is 0 Å². The molecule has 51 heavy (non-hydrogen) atoms. The smallest absolute Gasteiger partial charge is 0.0746 e. The molecule has 1 spiro atoms. The fraction of sp³-hybridized carbons (Fsp3) is 0.0204. The quantitative estimate of drug-likeness (QED) is 0.184. The Morgan fingerprint density at radius 1 is 0.353 bits per heavy atom. The van der Waals surface area contributed by atoms with Crippen LogP contribution in [-0.4, -0.2) is 4.57 Å². The van der Waals surface area contributed by atoms with E-state index >= 15 is 0 Å². The minimum Gasteiger partial charge on any atom is -0.310 e. The molecular weight excluding hydrogens is 617 g/mol. The van der Waals surface area contributed by atoms with E-state index in [1.807, 2.05) is 0 Å². The Kier molecular flexibility index (Phi) is 5.91. The van der Waals surface area contributed by atoms with Gasteiger partial charge in [-0.2, -0.15) is 0 Å². The molecule has 2 heteroatoms. The number of para-hydroxylation sites is 3. The van der Waals surface area contributed by atoms with Gasteiger partial charge in [-0.05, 0) is 93.5 Å². The van der Waals surface area contributed by atoms with Crippen LogP contribution in [0.5, 0.6) is 0 Å². The summed E-state index contributed by atoms with van der Waals surface area (Å²) in [6.45, 7) is 0. The summed E-state index contributed by atoms with van der Waals surface area (Å²) in [5, 5.41) is 2.54. The average Bonchev–Trinajstić information content (AvgIpc) is 3.81. The molecule has 2 nitrogen and oxygen atoms in total. The van der Waals surface area contributed by atoms with Gasteiger partial charge in [0.2, 0.25) is 0 Å². The molecule has 0 amide bonds. The monoisotopic (exact) mass is 648 g/mol. The summed E-state index contributed by atoms with van der Waals surface area (Å²) in [4.78, 5) is 2.46. The van der Waals surface area contributed by atoms with Crippen LogP contribution in [0.3, 0.4) is 0 Å². The Labute approximate surface area is 297 Å². The molecule has 0 unspecified atom stereocenters. The number of hydrogen-bond donors (Lipinski definition) is 0. The van der Waals surface area contributed by atoms with E-state index in [2.05, 4.69) is 204 Å². The van der Waals surface area contributed by atoms with E-state index in [4.69, 9.17) is 0 Å². The fourth-order valence-electron chi connectivity index (χ4n) is 9.28. The van der Waals surface area contributed by atoms with Gasteiger partial charge in [0, 0.05) is 33.4 Å². The van der Waals surface area contributed by atoms with Crippen molar-refractivity contribution in [3.63, 3.8) is 0 Å². The molecule has 8 aromatic carbocycles. The lowest BCUT2D eigenvalue weighted by atomic mass is 9.70. The third-order valence-corrected chi connectivity index (χ3v) is 11.2. The van der Waals surface area contributed by atoms with Crippen molar-refractivity contribution in [3.05, 3.63) is 216 Å². The van der Waals surface area contributed by atoms with Crippen molar-refractivity contribution >= 4 is 38.9 Å². The molecule has 2 aliphatic carbocycles. The SMILES string of the molecule is c1ccc(N(c2ccc(-n3c4ccccc4c4ccccc43)cc2)c2cccc3c2C2(c4ccccc4-c4ccccc42)c2ccccc2-3)cc1. The van der Waals surface area contributed by atoms with Gasteiger partial charge in [-0.3, -0.25) is 0 Å². The molecule has 2 aliphatic rings. The molecule has 0 saturated heterocycles. The number of hydrogen-bond acceptors (Lipinski definition) is 1. The van der Waals surface area contributed by atoms with Crippen LogP contribution in [0.25, 0.3) is 49.7 Å². The first kappa shape index (κ1) is 28.2. The number of anilines is 3. The molecule has 11 rings (SSSR count). The summed E-state index contributed by atoms with van der Waals surface area (Å²) in [5.41, 5.74) is 17.1. The number of nitrogens with zero attached hydrogens (tertiary/aromatic N) is 2. The van der Waals surface area contributed by atoms with E-state index in [1.54, 1.807) is 0 Å². The minimum absolute atomic E-state index is 0.453. The van der Waals surface area contributed by atoms with Gasteiger partial charge in [0.05, 0.1) is 22.1 Å². The average molecular weight is 649 g/mol. The number of fused-ring (bicyclic) bond motifs is 13. The van der Waals surface area contributed by atoms with Crippen LogP contribution < -0.4 is 4.90 Å². The van der Waals surface area contributed by atoms with Gasteiger partial charge in [0.15, 0.2) is 0 Å². The van der Waals surface area contributed by atoms with E-state index in [0.29, 0.717) is 0 Å². The summed E-state index contributed by atoms with van der Waals surface area (Å²) in [5.74, 6) is 0. The summed E-state index contributed by atoms with van der Waals surface area (Å²) in [6.07, 6.45) is 0. The molecule has 0 radical (unpaired) electrons. The second-order valence-electron chi connectivity index (χ2n) is 13.6. The maximum absolute atomic E-state index is 2.46. The van der Waals surface area contributed by atoms with Gasteiger partial charge in [0.1, 0.15) is 0 Å². The Balaban J connectivity index is 1.17. The van der Waals surface area contributed by atoms with Crippen LogP contribution in [0.1, 0.15) is 22.3 Å². The molecular formula is C49H32N2. The first-order valence-electron chi connectivity index (χ1n) is 17.7. The lowest BCUT2D eigenvalue weighted by molar-refractivity contribution is 0.793. The van der Waals surface area contributed by atoms with Crippen LogP contribution in [0.15, 0.2) is 194 Å². The van der Waals surface area contributed by atoms with E-state index < -0.39 is 5.41 Å². The number of rotatable bonds is 4. The molecule has 1 aromatic heterocycles. The van der Waals surface area contributed by atoms with Gasteiger partial charge in [0.25, 0.3) is 0 Å². The largest absolute Gasteiger partial charge is 0.310 e. The lowest BCUT2D eigenvalue weighted by Crippen LogP contribution is -2.28. The maximum Gasteiger partial charge on any atom is 0.0746 e. The highest BCUT2D eigenvalue weighted by molar-refractivity contribution is 6.09. The van der Waals surface area contributed by atoms with E-state index in [-0.39, 0.29) is 0 Å². The van der Waals surface area contributed by atoms with E-state index in [9.17, 15) is 0 Å². The molecule has 0 atom stereocenters. The molecule has 0 fully saturated rings. The predicted octanol–water partition coefficient (Wildman–Crippen LogP) is 12.6. The van der Waals surface area contributed by atoms with Crippen LogP contribution in [0.2, 0.25) is 0 Å². The molecule has 238 valence electrons. The van der Waals surface area contributed by atoms with Crippen LogP contribution in [-0.2, 0) is 5.41 Å². The summed E-state index contributed by atoms with van der Waals surface area (Å²) < 4.78 is 2.39. The predicted molar refractivity (Wildman–Crippen MR) is 212 cm³/mol. The van der Waals surface area contributed by atoms with Crippen molar-refractivity contribution in [2.75, 3.05) is 4.90 Å². The van der Waals surface area contributed by atoms with Crippen molar-refractivity contribution in [2.24, 2.45) is 0 Å². The van der Waals surface area contributed by atoms with Gasteiger partial charge in [-0.15, -0.1) is 0 Å². The fourth-order valence-corrected chi connectivity index (χ4v) is 9.28. The Bertz CT molecular complexity index is 2690. The third kappa shape index (κ3) is 3.76. The summed E-state index contributed by atoms with van der Waals surface area (Å²) >= 11 is 0. The zero-order chi connectivity index (χ0) is 33.5. The number of benzene rings is 8. The highest BCUT2D eigenvalue weighted by atomic mass is 15.1. The second kappa shape index (κ2) is 10.7. The zero-order valence-electron chi connectivity index (χ0n) is 27.9. The first-order valence-corrected chi connectivity index (χ1v) is 17.7. The second-order valence-corrected chi connectivity index (χ2v) is 13.6. The molecule has 0 saturated carbocycles. The van der Waals surface area contributed by atoms with E-state index in [1.165, 1.54) is 72.0 Å². The van der Waals surface area contributed by atoms with Gasteiger partial charge in [-0.25, -0.2) is 0 Å².